The molecule has 0 N–H and O–H groups in total. The standard InChI is InChI=1S/C34H38N2O4S/c37-30-10-7-18-34(25-27-8-3-1-2-4-9-27)26-36(19-17-29(34)24-30)41(38,39)31-15-13-28(14-16-31)32-11-5-6-12-33(32)35-20-22-40-23-21-35/h1,3-6,8-9,11-16,24H,2,7,10,17-23,25-26H2. The fourth-order valence-corrected chi connectivity index (χ4v) is 8.24. The van der Waals surface area contributed by atoms with E-state index >= 15 is 0 Å². The molecule has 0 aromatic heterocycles. The zero-order valence-corrected chi connectivity index (χ0v) is 24.3. The highest BCUT2D eigenvalue weighted by molar-refractivity contribution is 7.89. The van der Waals surface area contributed by atoms with E-state index in [0.717, 1.165) is 61.2 Å². The van der Waals surface area contributed by atoms with Crippen molar-refractivity contribution in [1.82, 2.24) is 4.31 Å². The van der Waals surface area contributed by atoms with Gasteiger partial charge in [0.05, 0.1) is 18.1 Å². The highest BCUT2D eigenvalue weighted by Crippen LogP contribution is 2.47. The van der Waals surface area contributed by atoms with Gasteiger partial charge in [-0.1, -0.05) is 66.3 Å². The van der Waals surface area contributed by atoms with Gasteiger partial charge in [-0.2, -0.15) is 4.31 Å². The molecule has 2 aliphatic carbocycles. The van der Waals surface area contributed by atoms with Crippen molar-refractivity contribution in [3.05, 3.63) is 96.1 Å². The zero-order chi connectivity index (χ0) is 28.3. The third-order valence-electron chi connectivity index (χ3n) is 8.86. The number of nitrogens with zero attached hydrogens (tertiary/aromatic N) is 2. The Morgan fingerprint density at radius 3 is 2.56 bits per heavy atom. The number of benzene rings is 2. The Hall–Kier alpha value is -3.26. The highest BCUT2D eigenvalue weighted by atomic mass is 32.2. The monoisotopic (exact) mass is 570 g/mol. The van der Waals surface area contributed by atoms with Crippen LogP contribution in [0.15, 0.2) is 101 Å². The molecule has 2 aromatic rings. The number of carbonyl (C=O) groups excluding carboxylic acids is 1. The van der Waals surface area contributed by atoms with Gasteiger partial charge < -0.3 is 9.64 Å². The minimum atomic E-state index is -3.71. The van der Waals surface area contributed by atoms with Crippen molar-refractivity contribution in [3.63, 3.8) is 0 Å². The van der Waals surface area contributed by atoms with Crippen LogP contribution in [0.5, 0.6) is 0 Å². The summed E-state index contributed by atoms with van der Waals surface area (Å²) in [6.07, 6.45) is 16.8. The van der Waals surface area contributed by atoms with Gasteiger partial charge in [0.15, 0.2) is 5.78 Å². The van der Waals surface area contributed by atoms with Crippen LogP contribution in [0.1, 0.15) is 38.5 Å². The minimum absolute atomic E-state index is 0.163. The van der Waals surface area contributed by atoms with E-state index in [2.05, 4.69) is 47.4 Å². The SMILES string of the molecule is O=C1C=C2CCN(S(=O)(=O)c3ccc(-c4ccccc4N4CCOCC4)cc3)CC2(CC2=CC=CCC=C2)CCC1. The number of ketones is 1. The molecule has 0 amide bonds. The number of hydrogen-bond acceptors (Lipinski definition) is 5. The lowest BCUT2D eigenvalue weighted by Crippen LogP contribution is -2.47. The second kappa shape index (κ2) is 11.9. The lowest BCUT2D eigenvalue weighted by atomic mass is 9.69. The summed E-state index contributed by atoms with van der Waals surface area (Å²) in [6.45, 7) is 3.87. The lowest BCUT2D eigenvalue weighted by Gasteiger charge is -2.44. The number of fused-ring (bicyclic) bond motifs is 1. The molecule has 2 saturated heterocycles. The zero-order valence-electron chi connectivity index (χ0n) is 23.5. The fourth-order valence-electron chi connectivity index (χ4n) is 6.71. The van der Waals surface area contributed by atoms with Crippen LogP contribution < -0.4 is 4.90 Å². The summed E-state index contributed by atoms with van der Waals surface area (Å²) in [5.41, 5.74) is 5.15. The molecule has 0 spiro atoms. The molecule has 6 rings (SSSR count). The van der Waals surface area contributed by atoms with Gasteiger partial charge >= 0.3 is 0 Å². The largest absolute Gasteiger partial charge is 0.378 e. The molecule has 2 aliphatic heterocycles. The first-order valence-electron chi connectivity index (χ1n) is 14.7. The van der Waals surface area contributed by atoms with Crippen LogP contribution >= 0.6 is 0 Å². The third kappa shape index (κ3) is 5.89. The molecule has 0 bridgehead atoms. The third-order valence-corrected chi connectivity index (χ3v) is 10.7. The van der Waals surface area contributed by atoms with Crippen LogP contribution in [0.3, 0.4) is 0 Å². The van der Waals surface area contributed by atoms with Gasteiger partial charge in [0.25, 0.3) is 0 Å². The molecule has 1 atom stereocenters. The predicted octanol–water partition coefficient (Wildman–Crippen LogP) is 6.08. The average molecular weight is 571 g/mol. The predicted molar refractivity (Wildman–Crippen MR) is 163 cm³/mol. The van der Waals surface area contributed by atoms with Crippen LogP contribution in [0, 0.1) is 5.41 Å². The lowest BCUT2D eigenvalue weighted by molar-refractivity contribution is -0.114. The summed E-state index contributed by atoms with van der Waals surface area (Å²) in [6, 6.07) is 15.6. The maximum absolute atomic E-state index is 14.0. The van der Waals surface area contributed by atoms with E-state index in [4.69, 9.17) is 4.74 Å². The number of para-hydroxylation sites is 1. The molecule has 4 aliphatic rings. The van der Waals surface area contributed by atoms with Gasteiger partial charge in [-0.3, -0.25) is 4.79 Å². The topological polar surface area (TPSA) is 66.9 Å². The normalized spacial score (nSPS) is 23.8. The van der Waals surface area contributed by atoms with Crippen LogP contribution in [-0.2, 0) is 19.6 Å². The van der Waals surface area contributed by atoms with Crippen molar-refractivity contribution in [2.75, 3.05) is 44.3 Å². The van der Waals surface area contributed by atoms with Crippen molar-refractivity contribution in [3.8, 4) is 11.1 Å². The second-order valence-electron chi connectivity index (χ2n) is 11.5. The summed E-state index contributed by atoms with van der Waals surface area (Å²) in [5.74, 6) is 0.163. The first-order chi connectivity index (χ1) is 19.9. The number of hydrogen-bond donors (Lipinski definition) is 0. The van der Waals surface area contributed by atoms with Crippen molar-refractivity contribution >= 4 is 21.5 Å². The average Bonchev–Trinajstić information content (AvgIpc) is 3.35. The number of allylic oxidation sites excluding steroid dienone is 7. The van der Waals surface area contributed by atoms with Crippen molar-refractivity contribution in [1.29, 1.82) is 0 Å². The van der Waals surface area contributed by atoms with Crippen LogP contribution in [0.25, 0.3) is 11.1 Å². The molecule has 41 heavy (non-hydrogen) atoms. The molecule has 0 saturated carbocycles. The van der Waals surface area contributed by atoms with E-state index in [-0.39, 0.29) is 11.2 Å². The number of ether oxygens (including phenoxy) is 1. The summed E-state index contributed by atoms with van der Waals surface area (Å²) in [5, 5.41) is 0. The first-order valence-corrected chi connectivity index (χ1v) is 16.2. The summed E-state index contributed by atoms with van der Waals surface area (Å²) < 4.78 is 35.3. The molecular weight excluding hydrogens is 532 g/mol. The molecule has 0 radical (unpaired) electrons. The summed E-state index contributed by atoms with van der Waals surface area (Å²) in [4.78, 5) is 15.2. The maximum Gasteiger partial charge on any atom is 0.243 e. The van der Waals surface area contributed by atoms with E-state index < -0.39 is 10.0 Å². The number of rotatable bonds is 6. The van der Waals surface area contributed by atoms with Crippen LogP contribution in [-0.4, -0.2) is 57.9 Å². The Morgan fingerprint density at radius 2 is 1.73 bits per heavy atom. The van der Waals surface area contributed by atoms with Crippen LogP contribution in [0.4, 0.5) is 5.69 Å². The number of morpholine rings is 1. The van der Waals surface area contributed by atoms with Crippen LogP contribution in [0.2, 0.25) is 0 Å². The van der Waals surface area contributed by atoms with Gasteiger partial charge in [-0.25, -0.2) is 8.42 Å². The Bertz CT molecular complexity index is 1510. The number of sulfonamides is 1. The summed E-state index contributed by atoms with van der Waals surface area (Å²) >= 11 is 0. The molecule has 2 aromatic carbocycles. The number of carbonyl (C=O) groups is 1. The van der Waals surface area contributed by atoms with Crippen molar-refractivity contribution in [2.24, 2.45) is 5.41 Å². The second-order valence-corrected chi connectivity index (χ2v) is 13.4. The van der Waals surface area contributed by atoms with Gasteiger partial charge in [-0.05, 0) is 67.5 Å². The molecule has 2 heterocycles. The fraction of sp³-hybridized carbons (Fsp3) is 0.382. The molecule has 1 unspecified atom stereocenters. The highest BCUT2D eigenvalue weighted by Gasteiger charge is 2.44. The van der Waals surface area contributed by atoms with E-state index in [1.165, 1.54) is 5.57 Å². The van der Waals surface area contributed by atoms with E-state index in [1.807, 2.05) is 30.3 Å². The van der Waals surface area contributed by atoms with Gasteiger partial charge in [0, 0.05) is 49.3 Å². The van der Waals surface area contributed by atoms with E-state index in [0.29, 0.717) is 44.0 Å². The van der Waals surface area contributed by atoms with Gasteiger partial charge in [-0.15, -0.1) is 0 Å². The molecule has 7 heteroatoms. The first kappa shape index (κ1) is 27.9. The van der Waals surface area contributed by atoms with Gasteiger partial charge in [0.1, 0.15) is 0 Å². The minimum Gasteiger partial charge on any atom is -0.378 e. The molecular formula is C34H38N2O4S. The Labute approximate surface area is 243 Å². The van der Waals surface area contributed by atoms with E-state index in [9.17, 15) is 13.2 Å². The molecule has 6 nitrogen and oxygen atoms in total. The van der Waals surface area contributed by atoms with Crippen molar-refractivity contribution in [2.45, 2.75) is 43.4 Å². The molecule has 214 valence electrons. The smallest absolute Gasteiger partial charge is 0.243 e. The summed E-state index contributed by atoms with van der Waals surface area (Å²) in [7, 11) is -3.71. The Balaban J connectivity index is 1.28. The van der Waals surface area contributed by atoms with E-state index in [1.54, 1.807) is 16.4 Å². The Kier molecular flexibility index (Phi) is 8.11. The number of piperidine rings is 1. The number of anilines is 1. The van der Waals surface area contributed by atoms with Gasteiger partial charge in [0.2, 0.25) is 10.0 Å². The van der Waals surface area contributed by atoms with Crippen molar-refractivity contribution < 1.29 is 17.9 Å². The molecule has 2 fully saturated rings. The maximum atomic E-state index is 14.0. The Morgan fingerprint density at radius 1 is 0.927 bits per heavy atom. The quantitative estimate of drug-likeness (QED) is 0.421.